The van der Waals surface area contributed by atoms with E-state index in [-0.39, 0.29) is 18.7 Å². The summed E-state index contributed by atoms with van der Waals surface area (Å²) in [5.41, 5.74) is 0.728. The molecule has 1 saturated carbocycles. The summed E-state index contributed by atoms with van der Waals surface area (Å²) in [6.45, 7) is 2.91. The topological polar surface area (TPSA) is 70.4 Å². The highest BCUT2D eigenvalue weighted by atomic mass is 16.3. The van der Waals surface area contributed by atoms with Crippen LogP contribution in [-0.4, -0.2) is 45.0 Å². The number of likely N-dealkylation sites (tertiary alicyclic amines) is 1. The molecule has 0 aromatic carbocycles. The second-order valence-electron chi connectivity index (χ2n) is 5.89. The molecule has 1 aliphatic carbocycles. The number of rotatable bonds is 4. The van der Waals surface area contributed by atoms with Crippen LogP contribution in [0.2, 0.25) is 0 Å². The lowest BCUT2D eigenvalue weighted by Crippen LogP contribution is -2.40. The van der Waals surface area contributed by atoms with Crippen molar-refractivity contribution in [1.82, 2.24) is 14.7 Å². The van der Waals surface area contributed by atoms with Crippen LogP contribution in [0.5, 0.6) is 0 Å². The Balaban J connectivity index is 1.61. The lowest BCUT2D eigenvalue weighted by molar-refractivity contribution is 0.166. The zero-order chi connectivity index (χ0) is 14.1. The minimum Gasteiger partial charge on any atom is -0.394 e. The van der Waals surface area contributed by atoms with Crippen molar-refractivity contribution in [2.24, 2.45) is 5.92 Å². The van der Waals surface area contributed by atoms with Gasteiger partial charge in [0.2, 0.25) is 0 Å². The summed E-state index contributed by atoms with van der Waals surface area (Å²) in [5, 5.41) is 16.5. The van der Waals surface area contributed by atoms with E-state index in [0.29, 0.717) is 12.6 Å². The third-order valence-electron chi connectivity index (χ3n) is 4.42. The summed E-state index contributed by atoms with van der Waals surface area (Å²) in [4.78, 5) is 13.9. The second-order valence-corrected chi connectivity index (χ2v) is 5.89. The first-order valence-corrected chi connectivity index (χ1v) is 7.41. The van der Waals surface area contributed by atoms with Gasteiger partial charge in [-0.25, -0.2) is 4.79 Å². The SMILES string of the molecule is CC(C1CC1)n1cc(NC(=O)N2CCC[C@@H]2CO)cn1. The first-order valence-electron chi connectivity index (χ1n) is 7.41. The normalized spacial score (nSPS) is 23.9. The molecule has 2 atom stereocenters. The molecule has 20 heavy (non-hydrogen) atoms. The monoisotopic (exact) mass is 278 g/mol. The summed E-state index contributed by atoms with van der Waals surface area (Å²) >= 11 is 0. The van der Waals surface area contributed by atoms with Crippen LogP contribution in [0.4, 0.5) is 10.5 Å². The molecule has 1 aromatic rings. The van der Waals surface area contributed by atoms with Gasteiger partial charge in [-0.05, 0) is 38.5 Å². The number of anilines is 1. The molecule has 6 nitrogen and oxygen atoms in total. The van der Waals surface area contributed by atoms with Gasteiger partial charge < -0.3 is 15.3 Å². The van der Waals surface area contributed by atoms with Gasteiger partial charge in [-0.3, -0.25) is 4.68 Å². The molecule has 0 spiro atoms. The Morgan fingerprint density at radius 3 is 3.05 bits per heavy atom. The van der Waals surface area contributed by atoms with Crippen molar-refractivity contribution in [3.63, 3.8) is 0 Å². The smallest absolute Gasteiger partial charge is 0.322 e. The Morgan fingerprint density at radius 2 is 2.35 bits per heavy atom. The van der Waals surface area contributed by atoms with E-state index in [4.69, 9.17) is 0 Å². The summed E-state index contributed by atoms with van der Waals surface area (Å²) < 4.78 is 1.93. The quantitative estimate of drug-likeness (QED) is 0.883. The van der Waals surface area contributed by atoms with Gasteiger partial charge in [0, 0.05) is 12.7 Å². The predicted molar refractivity (Wildman–Crippen MR) is 75.5 cm³/mol. The Bertz CT molecular complexity index is 483. The number of nitrogens with zero attached hydrogens (tertiary/aromatic N) is 3. The molecule has 2 amide bonds. The van der Waals surface area contributed by atoms with E-state index < -0.39 is 0 Å². The average molecular weight is 278 g/mol. The molecular weight excluding hydrogens is 256 g/mol. The van der Waals surface area contributed by atoms with Gasteiger partial charge in [-0.1, -0.05) is 0 Å². The number of aromatic nitrogens is 2. The molecule has 1 aliphatic heterocycles. The Morgan fingerprint density at radius 1 is 1.55 bits per heavy atom. The van der Waals surface area contributed by atoms with E-state index in [9.17, 15) is 9.90 Å². The third kappa shape index (κ3) is 2.65. The molecule has 0 radical (unpaired) electrons. The molecule has 110 valence electrons. The molecule has 0 bridgehead atoms. The van der Waals surface area contributed by atoms with Crippen LogP contribution in [0.1, 0.15) is 38.6 Å². The predicted octanol–water partition coefficient (Wildman–Crippen LogP) is 1.84. The molecule has 3 rings (SSSR count). The van der Waals surface area contributed by atoms with E-state index in [0.717, 1.165) is 24.4 Å². The number of hydrogen-bond acceptors (Lipinski definition) is 3. The van der Waals surface area contributed by atoms with E-state index in [1.165, 1.54) is 12.8 Å². The van der Waals surface area contributed by atoms with Gasteiger partial charge in [0.1, 0.15) is 0 Å². The van der Waals surface area contributed by atoms with Crippen molar-refractivity contribution in [3.8, 4) is 0 Å². The molecule has 1 aromatic heterocycles. The number of nitrogens with one attached hydrogen (secondary N) is 1. The summed E-state index contributed by atoms with van der Waals surface area (Å²) in [6, 6.07) is 0.216. The van der Waals surface area contributed by atoms with Crippen molar-refractivity contribution in [2.45, 2.75) is 44.7 Å². The minimum absolute atomic E-state index is 0.0331. The number of urea groups is 1. The molecule has 1 saturated heterocycles. The molecule has 2 aliphatic rings. The zero-order valence-corrected chi connectivity index (χ0v) is 11.8. The number of aliphatic hydroxyl groups excluding tert-OH is 1. The van der Waals surface area contributed by atoms with Crippen LogP contribution in [0.15, 0.2) is 12.4 Å². The molecule has 2 heterocycles. The van der Waals surface area contributed by atoms with Gasteiger partial charge in [0.25, 0.3) is 0 Å². The number of hydrogen-bond donors (Lipinski definition) is 2. The molecular formula is C14H22N4O2. The van der Waals surface area contributed by atoms with E-state index in [1.54, 1.807) is 11.1 Å². The Labute approximate surface area is 118 Å². The third-order valence-corrected chi connectivity index (χ3v) is 4.42. The van der Waals surface area contributed by atoms with Gasteiger partial charge in [-0.15, -0.1) is 0 Å². The lowest BCUT2D eigenvalue weighted by atomic mass is 10.2. The second kappa shape index (κ2) is 5.44. The lowest BCUT2D eigenvalue weighted by Gasteiger charge is -2.22. The maximum atomic E-state index is 12.2. The summed E-state index contributed by atoms with van der Waals surface area (Å²) in [7, 11) is 0. The van der Waals surface area contributed by atoms with Crippen LogP contribution in [-0.2, 0) is 0 Å². The van der Waals surface area contributed by atoms with Crippen molar-refractivity contribution in [2.75, 3.05) is 18.5 Å². The van der Waals surface area contributed by atoms with Gasteiger partial charge >= 0.3 is 6.03 Å². The van der Waals surface area contributed by atoms with Crippen molar-refractivity contribution >= 4 is 11.7 Å². The molecule has 6 heteroatoms. The standard InChI is InChI=1S/C14H22N4O2/c1-10(11-4-5-11)18-8-12(7-15-18)16-14(20)17-6-2-3-13(17)9-19/h7-8,10-11,13,19H,2-6,9H2,1H3,(H,16,20)/t10?,13-/m1/s1. The molecule has 1 unspecified atom stereocenters. The maximum absolute atomic E-state index is 12.2. The maximum Gasteiger partial charge on any atom is 0.322 e. The molecule has 2 fully saturated rings. The molecule has 2 N–H and O–H groups in total. The van der Waals surface area contributed by atoms with Crippen molar-refractivity contribution in [1.29, 1.82) is 0 Å². The Hall–Kier alpha value is -1.56. The summed E-state index contributed by atoms with van der Waals surface area (Å²) in [5.74, 6) is 0.732. The zero-order valence-electron chi connectivity index (χ0n) is 11.8. The van der Waals surface area contributed by atoms with E-state index in [1.807, 2.05) is 10.9 Å². The van der Waals surface area contributed by atoms with E-state index >= 15 is 0 Å². The van der Waals surface area contributed by atoms with Crippen molar-refractivity contribution in [3.05, 3.63) is 12.4 Å². The van der Waals surface area contributed by atoms with Crippen LogP contribution in [0.3, 0.4) is 0 Å². The number of carbonyl (C=O) groups is 1. The van der Waals surface area contributed by atoms with Crippen molar-refractivity contribution < 1.29 is 9.90 Å². The first kappa shape index (κ1) is 13.4. The van der Waals surface area contributed by atoms with Crippen LogP contribution < -0.4 is 5.32 Å². The fraction of sp³-hybridized carbons (Fsp3) is 0.714. The number of carbonyl (C=O) groups excluding carboxylic acids is 1. The van der Waals surface area contributed by atoms with Crippen LogP contribution >= 0.6 is 0 Å². The average Bonchev–Trinajstić information content (AvgIpc) is 3.01. The van der Waals surface area contributed by atoms with Crippen LogP contribution in [0, 0.1) is 5.92 Å². The highest BCUT2D eigenvalue weighted by molar-refractivity contribution is 5.89. The van der Waals surface area contributed by atoms with Gasteiger partial charge in [-0.2, -0.15) is 5.10 Å². The van der Waals surface area contributed by atoms with E-state index in [2.05, 4.69) is 17.3 Å². The largest absolute Gasteiger partial charge is 0.394 e. The number of amides is 2. The first-order chi connectivity index (χ1) is 9.69. The number of aliphatic hydroxyl groups is 1. The highest BCUT2D eigenvalue weighted by Gasteiger charge is 2.30. The fourth-order valence-corrected chi connectivity index (χ4v) is 2.91. The van der Waals surface area contributed by atoms with Gasteiger partial charge in [0.05, 0.1) is 30.6 Å². The van der Waals surface area contributed by atoms with Gasteiger partial charge in [0.15, 0.2) is 0 Å². The highest BCUT2D eigenvalue weighted by Crippen LogP contribution is 2.39. The van der Waals surface area contributed by atoms with Crippen LogP contribution in [0.25, 0.3) is 0 Å². The fourth-order valence-electron chi connectivity index (χ4n) is 2.91. The Kier molecular flexibility index (Phi) is 3.65. The summed E-state index contributed by atoms with van der Waals surface area (Å²) in [6.07, 6.45) is 7.97. The minimum atomic E-state index is -0.139.